The Morgan fingerprint density at radius 1 is 1.28 bits per heavy atom. The highest BCUT2D eigenvalue weighted by molar-refractivity contribution is 7.86. The second-order valence-corrected chi connectivity index (χ2v) is 6.51. The third-order valence-corrected chi connectivity index (χ3v) is 4.79. The predicted octanol–water partition coefficient (Wildman–Crippen LogP) is -1.67. The molecule has 0 bridgehead atoms. The normalized spacial score (nSPS) is 30.7. The summed E-state index contributed by atoms with van der Waals surface area (Å²) in [4.78, 5) is 14.0. The minimum atomic E-state index is -3.63. The van der Waals surface area contributed by atoms with Crippen LogP contribution in [-0.2, 0) is 15.0 Å². The fourth-order valence-corrected chi connectivity index (χ4v) is 3.20. The number of amides is 1. The van der Waals surface area contributed by atoms with Gasteiger partial charge in [0, 0.05) is 26.2 Å². The molecule has 2 atom stereocenters. The van der Waals surface area contributed by atoms with Gasteiger partial charge in [0.05, 0.1) is 6.04 Å². The maximum Gasteiger partial charge on any atom is 0.277 e. The van der Waals surface area contributed by atoms with Crippen LogP contribution in [0.3, 0.4) is 0 Å². The van der Waals surface area contributed by atoms with Gasteiger partial charge >= 0.3 is 0 Å². The van der Waals surface area contributed by atoms with Gasteiger partial charge in [-0.05, 0) is 18.9 Å². The van der Waals surface area contributed by atoms with Gasteiger partial charge in [-0.2, -0.15) is 12.7 Å². The lowest BCUT2D eigenvalue weighted by Gasteiger charge is -2.35. The summed E-state index contributed by atoms with van der Waals surface area (Å²) in [6.07, 6.45) is 1.01. The van der Waals surface area contributed by atoms with E-state index in [0.717, 1.165) is 13.0 Å². The van der Waals surface area contributed by atoms with Crippen LogP contribution < -0.4 is 10.5 Å². The molecule has 2 aliphatic heterocycles. The van der Waals surface area contributed by atoms with E-state index in [1.54, 1.807) is 4.90 Å². The zero-order valence-electron chi connectivity index (χ0n) is 10.5. The van der Waals surface area contributed by atoms with Gasteiger partial charge in [-0.15, -0.1) is 0 Å². The lowest BCUT2D eigenvalue weighted by atomic mass is 10.0. The second-order valence-electron chi connectivity index (χ2n) is 4.97. The Balaban J connectivity index is 1.92. The zero-order valence-corrected chi connectivity index (χ0v) is 11.3. The van der Waals surface area contributed by atoms with E-state index in [0.29, 0.717) is 19.0 Å². The molecule has 0 aromatic heterocycles. The van der Waals surface area contributed by atoms with Crippen LogP contribution in [0.1, 0.15) is 13.3 Å². The number of nitrogens with zero attached hydrogens (tertiary/aromatic N) is 2. The molecule has 0 aliphatic carbocycles. The largest absolute Gasteiger partial charge is 0.339 e. The Labute approximate surface area is 107 Å². The molecule has 2 fully saturated rings. The highest BCUT2D eigenvalue weighted by Crippen LogP contribution is 2.17. The number of nitrogens with one attached hydrogen (secondary N) is 1. The summed E-state index contributed by atoms with van der Waals surface area (Å²) in [6, 6.07) is -0.119. The molecule has 18 heavy (non-hydrogen) atoms. The second kappa shape index (κ2) is 5.12. The van der Waals surface area contributed by atoms with Crippen molar-refractivity contribution in [3.8, 4) is 0 Å². The van der Waals surface area contributed by atoms with Gasteiger partial charge in [0.15, 0.2) is 0 Å². The van der Waals surface area contributed by atoms with Crippen molar-refractivity contribution in [2.24, 2.45) is 11.1 Å². The van der Waals surface area contributed by atoms with E-state index in [9.17, 15) is 13.2 Å². The molecule has 2 unspecified atom stereocenters. The van der Waals surface area contributed by atoms with Gasteiger partial charge in [0.1, 0.15) is 0 Å². The average Bonchev–Trinajstić information content (AvgIpc) is 2.73. The first-order valence-electron chi connectivity index (χ1n) is 6.19. The fourth-order valence-electron chi connectivity index (χ4n) is 2.52. The third kappa shape index (κ3) is 2.82. The third-order valence-electron chi connectivity index (χ3n) is 3.71. The molecule has 3 N–H and O–H groups in total. The van der Waals surface area contributed by atoms with Crippen LogP contribution in [0.2, 0.25) is 0 Å². The molecule has 2 saturated heterocycles. The molecule has 2 heterocycles. The quantitative estimate of drug-likeness (QED) is 0.630. The van der Waals surface area contributed by atoms with Crippen molar-refractivity contribution in [2.45, 2.75) is 19.4 Å². The van der Waals surface area contributed by atoms with Crippen molar-refractivity contribution in [1.82, 2.24) is 14.5 Å². The molecule has 0 radical (unpaired) electrons. The van der Waals surface area contributed by atoms with E-state index in [2.05, 4.69) is 12.2 Å². The van der Waals surface area contributed by atoms with Gasteiger partial charge in [-0.25, -0.2) is 5.14 Å². The van der Waals surface area contributed by atoms with E-state index in [1.165, 1.54) is 4.31 Å². The van der Waals surface area contributed by atoms with Crippen molar-refractivity contribution in [1.29, 1.82) is 0 Å². The van der Waals surface area contributed by atoms with Crippen LogP contribution >= 0.6 is 0 Å². The van der Waals surface area contributed by atoms with Crippen molar-refractivity contribution < 1.29 is 13.2 Å². The summed E-state index contributed by atoms with van der Waals surface area (Å²) in [5.41, 5.74) is 0. The van der Waals surface area contributed by atoms with E-state index < -0.39 is 10.2 Å². The molecule has 2 aliphatic rings. The van der Waals surface area contributed by atoms with Gasteiger partial charge in [-0.1, -0.05) is 6.92 Å². The summed E-state index contributed by atoms with van der Waals surface area (Å²) in [7, 11) is -3.63. The zero-order chi connectivity index (χ0) is 13.3. The summed E-state index contributed by atoms with van der Waals surface area (Å²) < 4.78 is 23.5. The first kappa shape index (κ1) is 13.7. The monoisotopic (exact) mass is 276 g/mol. The number of hydrogen-bond donors (Lipinski definition) is 2. The van der Waals surface area contributed by atoms with E-state index >= 15 is 0 Å². The molecule has 0 saturated carbocycles. The predicted molar refractivity (Wildman–Crippen MR) is 66.8 cm³/mol. The average molecular weight is 276 g/mol. The molecule has 2 rings (SSSR count). The topological polar surface area (TPSA) is 95.7 Å². The Hall–Kier alpha value is -0.700. The van der Waals surface area contributed by atoms with Crippen molar-refractivity contribution in [3.63, 3.8) is 0 Å². The Morgan fingerprint density at radius 3 is 2.33 bits per heavy atom. The minimum Gasteiger partial charge on any atom is -0.339 e. The number of hydrogen-bond acceptors (Lipinski definition) is 4. The number of piperazine rings is 1. The molecule has 1 amide bonds. The van der Waals surface area contributed by atoms with Crippen LogP contribution in [0.4, 0.5) is 0 Å². The molecule has 7 nitrogen and oxygen atoms in total. The van der Waals surface area contributed by atoms with Crippen LogP contribution in [0, 0.1) is 5.92 Å². The lowest BCUT2D eigenvalue weighted by Crippen LogP contribution is -2.55. The van der Waals surface area contributed by atoms with Gasteiger partial charge in [-0.3, -0.25) is 4.79 Å². The van der Waals surface area contributed by atoms with Crippen molar-refractivity contribution >= 4 is 16.1 Å². The van der Waals surface area contributed by atoms with Gasteiger partial charge in [0.25, 0.3) is 10.2 Å². The molecule has 0 aromatic rings. The number of nitrogens with two attached hydrogens (primary N) is 1. The lowest BCUT2D eigenvalue weighted by molar-refractivity contribution is -0.135. The molecule has 0 spiro atoms. The molecular weight excluding hydrogens is 256 g/mol. The molecule has 0 aromatic carbocycles. The number of carbonyl (C=O) groups excluding carboxylic acids is 1. The van der Waals surface area contributed by atoms with Crippen LogP contribution in [-0.4, -0.2) is 62.3 Å². The molecule has 104 valence electrons. The highest BCUT2D eigenvalue weighted by atomic mass is 32.2. The standard InChI is InChI=1S/C10H20N4O3S/c1-8-2-3-12-9(8)10(15)13-4-6-14(7-5-13)18(11,16)17/h8-9,12H,2-7H2,1H3,(H2,11,16,17). The van der Waals surface area contributed by atoms with E-state index in [1.807, 2.05) is 0 Å². The smallest absolute Gasteiger partial charge is 0.277 e. The van der Waals surface area contributed by atoms with E-state index in [-0.39, 0.29) is 25.0 Å². The number of rotatable bonds is 2. The van der Waals surface area contributed by atoms with Crippen LogP contribution in [0.15, 0.2) is 0 Å². The Morgan fingerprint density at radius 2 is 1.89 bits per heavy atom. The van der Waals surface area contributed by atoms with Crippen LogP contribution in [0.5, 0.6) is 0 Å². The summed E-state index contributed by atoms with van der Waals surface area (Å²) >= 11 is 0. The first-order valence-corrected chi connectivity index (χ1v) is 7.70. The summed E-state index contributed by atoms with van der Waals surface area (Å²) in [5, 5.41) is 8.26. The Bertz CT molecular complexity index is 417. The van der Waals surface area contributed by atoms with Crippen molar-refractivity contribution in [3.05, 3.63) is 0 Å². The summed E-state index contributed by atoms with van der Waals surface area (Å²) in [6.45, 7) is 4.33. The summed E-state index contributed by atoms with van der Waals surface area (Å²) in [5.74, 6) is 0.419. The van der Waals surface area contributed by atoms with Crippen molar-refractivity contribution in [2.75, 3.05) is 32.7 Å². The minimum absolute atomic E-state index is 0.0778. The Kier molecular flexibility index (Phi) is 3.90. The SMILES string of the molecule is CC1CCNC1C(=O)N1CCN(S(N)(=O)=O)CC1. The molecule has 8 heteroatoms. The van der Waals surface area contributed by atoms with E-state index in [4.69, 9.17) is 5.14 Å². The van der Waals surface area contributed by atoms with Gasteiger partial charge in [0.2, 0.25) is 5.91 Å². The highest BCUT2D eigenvalue weighted by Gasteiger charge is 2.34. The maximum absolute atomic E-state index is 12.2. The fraction of sp³-hybridized carbons (Fsp3) is 0.900. The van der Waals surface area contributed by atoms with Gasteiger partial charge < -0.3 is 10.2 Å². The maximum atomic E-state index is 12.2. The molecular formula is C10H20N4O3S. The number of carbonyl (C=O) groups is 1. The first-order chi connectivity index (χ1) is 8.39. The van der Waals surface area contributed by atoms with Crippen LogP contribution in [0.25, 0.3) is 0 Å².